The minimum Gasteiger partial charge on any atom is -0.399 e. The molecule has 0 unspecified atom stereocenters. The average Bonchev–Trinajstić information content (AvgIpc) is 2.74. The van der Waals surface area contributed by atoms with Gasteiger partial charge in [-0.2, -0.15) is 5.10 Å². The van der Waals surface area contributed by atoms with Crippen molar-refractivity contribution in [3.05, 3.63) is 47.3 Å². The number of nitrogen functional groups attached to an aromatic ring is 1. The lowest BCUT2D eigenvalue weighted by atomic mass is 10.2. The SMILES string of the molecule is CCc1cc(CC)n(Cc2ccc(N)cc2)n1. The van der Waals surface area contributed by atoms with E-state index in [1.165, 1.54) is 11.3 Å². The number of aromatic nitrogens is 2. The molecule has 0 atom stereocenters. The second kappa shape index (κ2) is 5.04. The highest BCUT2D eigenvalue weighted by Gasteiger charge is 2.05. The molecule has 1 heterocycles. The fourth-order valence-electron chi connectivity index (χ4n) is 1.91. The van der Waals surface area contributed by atoms with Crippen LogP contribution < -0.4 is 5.73 Å². The maximum absolute atomic E-state index is 5.68. The number of aryl methyl sites for hydroxylation is 2. The van der Waals surface area contributed by atoms with Crippen LogP contribution in [0.4, 0.5) is 5.69 Å². The second-order valence-corrected chi connectivity index (χ2v) is 4.23. The highest BCUT2D eigenvalue weighted by Crippen LogP contribution is 2.11. The molecule has 0 fully saturated rings. The van der Waals surface area contributed by atoms with Crippen molar-refractivity contribution in [3.63, 3.8) is 0 Å². The van der Waals surface area contributed by atoms with Gasteiger partial charge in [-0.3, -0.25) is 4.68 Å². The van der Waals surface area contributed by atoms with Crippen LogP contribution in [-0.4, -0.2) is 9.78 Å². The molecular weight excluding hydrogens is 210 g/mol. The summed E-state index contributed by atoms with van der Waals surface area (Å²) in [5.41, 5.74) is 10.2. The van der Waals surface area contributed by atoms with Gasteiger partial charge >= 0.3 is 0 Å². The summed E-state index contributed by atoms with van der Waals surface area (Å²) in [6, 6.07) is 10.2. The lowest BCUT2D eigenvalue weighted by Crippen LogP contribution is -2.06. The van der Waals surface area contributed by atoms with E-state index in [4.69, 9.17) is 5.73 Å². The van der Waals surface area contributed by atoms with Crippen molar-refractivity contribution in [1.29, 1.82) is 0 Å². The van der Waals surface area contributed by atoms with Crippen molar-refractivity contribution < 1.29 is 0 Å². The smallest absolute Gasteiger partial charge is 0.0662 e. The molecule has 17 heavy (non-hydrogen) atoms. The van der Waals surface area contributed by atoms with Gasteiger partial charge in [0.1, 0.15) is 0 Å². The maximum atomic E-state index is 5.68. The molecule has 2 N–H and O–H groups in total. The van der Waals surface area contributed by atoms with Gasteiger partial charge in [0.25, 0.3) is 0 Å². The molecule has 3 heteroatoms. The lowest BCUT2D eigenvalue weighted by Gasteiger charge is -2.06. The summed E-state index contributed by atoms with van der Waals surface area (Å²) in [5.74, 6) is 0. The highest BCUT2D eigenvalue weighted by atomic mass is 15.3. The van der Waals surface area contributed by atoms with Crippen molar-refractivity contribution >= 4 is 5.69 Å². The Bertz CT molecular complexity index is 483. The van der Waals surface area contributed by atoms with Gasteiger partial charge in [0.2, 0.25) is 0 Å². The van der Waals surface area contributed by atoms with E-state index >= 15 is 0 Å². The van der Waals surface area contributed by atoms with E-state index in [0.29, 0.717) is 0 Å². The van der Waals surface area contributed by atoms with E-state index in [0.717, 1.165) is 30.8 Å². The van der Waals surface area contributed by atoms with Crippen molar-refractivity contribution in [3.8, 4) is 0 Å². The summed E-state index contributed by atoms with van der Waals surface area (Å²) < 4.78 is 2.09. The highest BCUT2D eigenvalue weighted by molar-refractivity contribution is 5.39. The first-order valence-electron chi connectivity index (χ1n) is 6.13. The Kier molecular flexibility index (Phi) is 3.47. The monoisotopic (exact) mass is 229 g/mol. The number of nitrogens with two attached hydrogens (primary N) is 1. The molecule has 90 valence electrons. The molecule has 0 aliphatic heterocycles. The average molecular weight is 229 g/mol. The molecule has 0 radical (unpaired) electrons. The van der Waals surface area contributed by atoms with Crippen LogP contribution in [0.25, 0.3) is 0 Å². The molecule has 1 aromatic carbocycles. The Hall–Kier alpha value is -1.77. The zero-order valence-electron chi connectivity index (χ0n) is 10.5. The number of hydrogen-bond donors (Lipinski definition) is 1. The molecule has 0 saturated carbocycles. The van der Waals surface area contributed by atoms with Crippen LogP contribution in [0.1, 0.15) is 30.8 Å². The van der Waals surface area contributed by atoms with Crippen LogP contribution in [-0.2, 0) is 19.4 Å². The van der Waals surface area contributed by atoms with Gasteiger partial charge in [-0.25, -0.2) is 0 Å². The fourth-order valence-corrected chi connectivity index (χ4v) is 1.91. The first kappa shape index (κ1) is 11.7. The summed E-state index contributed by atoms with van der Waals surface area (Å²) in [6.07, 6.45) is 2.00. The standard InChI is InChI=1S/C14H19N3/c1-3-13-9-14(4-2)17(16-13)10-11-5-7-12(15)8-6-11/h5-9H,3-4,10,15H2,1-2H3. The zero-order valence-corrected chi connectivity index (χ0v) is 10.5. The van der Waals surface area contributed by atoms with Crippen LogP contribution in [0.2, 0.25) is 0 Å². The molecule has 0 saturated heterocycles. The molecule has 0 spiro atoms. The van der Waals surface area contributed by atoms with Gasteiger partial charge in [-0.15, -0.1) is 0 Å². The van der Waals surface area contributed by atoms with Gasteiger partial charge < -0.3 is 5.73 Å². The third kappa shape index (κ3) is 2.67. The van der Waals surface area contributed by atoms with Crippen LogP contribution in [0, 0.1) is 0 Å². The Morgan fingerprint density at radius 1 is 1.12 bits per heavy atom. The molecule has 3 nitrogen and oxygen atoms in total. The third-order valence-electron chi connectivity index (χ3n) is 2.95. The minimum absolute atomic E-state index is 0.805. The molecule has 0 amide bonds. The number of anilines is 1. The van der Waals surface area contributed by atoms with E-state index in [9.17, 15) is 0 Å². The van der Waals surface area contributed by atoms with E-state index < -0.39 is 0 Å². The number of hydrogen-bond acceptors (Lipinski definition) is 2. The predicted molar refractivity (Wildman–Crippen MR) is 70.9 cm³/mol. The fraction of sp³-hybridized carbons (Fsp3) is 0.357. The summed E-state index contributed by atoms with van der Waals surface area (Å²) in [6.45, 7) is 5.12. The first-order chi connectivity index (χ1) is 8.22. The van der Waals surface area contributed by atoms with Gasteiger partial charge in [0, 0.05) is 11.4 Å². The molecule has 0 bridgehead atoms. The zero-order chi connectivity index (χ0) is 12.3. The molecular formula is C14H19N3. The van der Waals surface area contributed by atoms with Crippen molar-refractivity contribution in [2.24, 2.45) is 0 Å². The van der Waals surface area contributed by atoms with Crippen LogP contribution in [0.5, 0.6) is 0 Å². The minimum atomic E-state index is 0.805. The normalized spacial score (nSPS) is 10.7. The Morgan fingerprint density at radius 3 is 2.41 bits per heavy atom. The summed E-state index contributed by atoms with van der Waals surface area (Å²) in [5, 5.41) is 4.60. The van der Waals surface area contributed by atoms with E-state index in [2.05, 4.69) is 41.8 Å². The van der Waals surface area contributed by atoms with Crippen molar-refractivity contribution in [1.82, 2.24) is 9.78 Å². The quantitative estimate of drug-likeness (QED) is 0.819. The van der Waals surface area contributed by atoms with Crippen molar-refractivity contribution in [2.75, 3.05) is 5.73 Å². The Labute approximate surface area is 102 Å². The Morgan fingerprint density at radius 2 is 1.82 bits per heavy atom. The molecule has 2 aromatic rings. The van der Waals surface area contributed by atoms with Crippen LogP contribution in [0.15, 0.2) is 30.3 Å². The number of nitrogens with zero attached hydrogens (tertiary/aromatic N) is 2. The first-order valence-corrected chi connectivity index (χ1v) is 6.13. The Balaban J connectivity index is 2.22. The van der Waals surface area contributed by atoms with Gasteiger partial charge in [-0.05, 0) is 36.6 Å². The molecule has 1 aromatic heterocycles. The second-order valence-electron chi connectivity index (χ2n) is 4.23. The largest absolute Gasteiger partial charge is 0.399 e. The molecule has 2 rings (SSSR count). The van der Waals surface area contributed by atoms with Gasteiger partial charge in [0.15, 0.2) is 0 Å². The third-order valence-corrected chi connectivity index (χ3v) is 2.95. The summed E-state index contributed by atoms with van der Waals surface area (Å²) >= 11 is 0. The predicted octanol–water partition coefficient (Wildman–Crippen LogP) is 2.64. The molecule has 0 aliphatic rings. The topological polar surface area (TPSA) is 43.8 Å². The van der Waals surface area contributed by atoms with E-state index in [1.54, 1.807) is 0 Å². The van der Waals surface area contributed by atoms with Crippen LogP contribution in [0.3, 0.4) is 0 Å². The number of benzene rings is 1. The lowest BCUT2D eigenvalue weighted by molar-refractivity contribution is 0.640. The van der Waals surface area contributed by atoms with Crippen LogP contribution >= 0.6 is 0 Å². The van der Waals surface area contributed by atoms with Crippen molar-refractivity contribution in [2.45, 2.75) is 33.2 Å². The van der Waals surface area contributed by atoms with E-state index in [1.807, 2.05) is 12.1 Å². The molecule has 0 aliphatic carbocycles. The van der Waals surface area contributed by atoms with Gasteiger partial charge in [0.05, 0.1) is 12.2 Å². The maximum Gasteiger partial charge on any atom is 0.0662 e. The van der Waals surface area contributed by atoms with Gasteiger partial charge in [-0.1, -0.05) is 26.0 Å². The summed E-state index contributed by atoms with van der Waals surface area (Å²) in [7, 11) is 0. The number of rotatable bonds is 4. The summed E-state index contributed by atoms with van der Waals surface area (Å²) in [4.78, 5) is 0. The van der Waals surface area contributed by atoms with E-state index in [-0.39, 0.29) is 0 Å².